The Balaban J connectivity index is 2.57. The van der Waals surface area contributed by atoms with E-state index in [4.69, 9.17) is 9.47 Å². The molecule has 0 heterocycles. The summed E-state index contributed by atoms with van der Waals surface area (Å²) >= 11 is 0. The normalized spacial score (nSPS) is 12.0. The van der Waals surface area contributed by atoms with Crippen molar-refractivity contribution in [1.82, 2.24) is 0 Å². The van der Waals surface area contributed by atoms with Crippen LogP contribution in [0, 0.1) is 0 Å². The number of hydrogen-bond donors (Lipinski definition) is 0. The molecule has 124 valence electrons. The molecular weight excluding hydrogens is 272 g/mol. The highest BCUT2D eigenvalue weighted by atomic mass is 16.5. The van der Waals surface area contributed by atoms with Crippen molar-refractivity contribution in [2.45, 2.75) is 65.4 Å². The van der Waals surface area contributed by atoms with E-state index in [9.17, 15) is 0 Å². The molecule has 0 amide bonds. The standard InChI is InChI=1S/C20H32O2/c1-5-7-9-10-13-18-14-11-12-15-19(18)22-20(3,4)17-21-16-8-6-2/h7,9,11-12,14-15H,5-6,8,10,13,16-17H2,1-4H3/b9-7+. The Bertz CT molecular complexity index is 435. The van der Waals surface area contributed by atoms with Crippen molar-refractivity contribution in [3.8, 4) is 5.75 Å². The number of ether oxygens (including phenoxy) is 2. The molecule has 0 aliphatic heterocycles. The molecule has 1 rings (SSSR count). The topological polar surface area (TPSA) is 18.5 Å². The van der Waals surface area contributed by atoms with Crippen molar-refractivity contribution in [2.75, 3.05) is 13.2 Å². The van der Waals surface area contributed by atoms with Gasteiger partial charge in [0.25, 0.3) is 0 Å². The Morgan fingerprint density at radius 3 is 2.59 bits per heavy atom. The third-order valence-electron chi connectivity index (χ3n) is 3.43. The fourth-order valence-corrected chi connectivity index (χ4v) is 2.22. The van der Waals surface area contributed by atoms with E-state index in [-0.39, 0.29) is 5.60 Å². The zero-order valence-corrected chi connectivity index (χ0v) is 14.7. The predicted octanol–water partition coefficient (Wildman–Crippen LogP) is 5.56. The fourth-order valence-electron chi connectivity index (χ4n) is 2.22. The number of allylic oxidation sites excluding steroid dienone is 2. The van der Waals surface area contributed by atoms with Crippen molar-refractivity contribution in [3.05, 3.63) is 42.0 Å². The lowest BCUT2D eigenvalue weighted by Gasteiger charge is -2.27. The fraction of sp³-hybridized carbons (Fsp3) is 0.600. The van der Waals surface area contributed by atoms with Gasteiger partial charge in [-0.25, -0.2) is 0 Å². The van der Waals surface area contributed by atoms with Gasteiger partial charge in [0.15, 0.2) is 0 Å². The Morgan fingerprint density at radius 1 is 1.09 bits per heavy atom. The minimum atomic E-state index is -0.302. The van der Waals surface area contributed by atoms with E-state index in [1.54, 1.807) is 0 Å². The minimum Gasteiger partial charge on any atom is -0.485 e. The summed E-state index contributed by atoms with van der Waals surface area (Å²) < 4.78 is 11.9. The maximum absolute atomic E-state index is 6.22. The first-order valence-electron chi connectivity index (χ1n) is 8.58. The molecule has 0 bridgehead atoms. The van der Waals surface area contributed by atoms with E-state index in [0.29, 0.717) is 6.61 Å². The molecule has 0 unspecified atom stereocenters. The number of rotatable bonds is 11. The molecule has 0 saturated heterocycles. The first-order chi connectivity index (χ1) is 10.6. The number of hydrogen-bond acceptors (Lipinski definition) is 2. The largest absolute Gasteiger partial charge is 0.485 e. The van der Waals surface area contributed by atoms with Crippen molar-refractivity contribution in [1.29, 1.82) is 0 Å². The van der Waals surface area contributed by atoms with E-state index in [1.165, 1.54) is 5.56 Å². The van der Waals surface area contributed by atoms with Crippen molar-refractivity contribution >= 4 is 0 Å². The van der Waals surface area contributed by atoms with Crippen molar-refractivity contribution in [2.24, 2.45) is 0 Å². The lowest BCUT2D eigenvalue weighted by molar-refractivity contribution is -0.00452. The molecule has 1 aromatic carbocycles. The molecule has 0 atom stereocenters. The van der Waals surface area contributed by atoms with Crippen LogP contribution in [-0.4, -0.2) is 18.8 Å². The van der Waals surface area contributed by atoms with Gasteiger partial charge in [0.1, 0.15) is 11.4 Å². The zero-order valence-electron chi connectivity index (χ0n) is 14.7. The highest BCUT2D eigenvalue weighted by Gasteiger charge is 2.21. The Kier molecular flexibility index (Phi) is 8.91. The van der Waals surface area contributed by atoms with Crippen molar-refractivity contribution in [3.63, 3.8) is 0 Å². The van der Waals surface area contributed by atoms with Gasteiger partial charge in [-0.05, 0) is 51.2 Å². The molecule has 22 heavy (non-hydrogen) atoms. The number of aryl methyl sites for hydroxylation is 1. The van der Waals surface area contributed by atoms with Gasteiger partial charge < -0.3 is 9.47 Å². The summed E-state index contributed by atoms with van der Waals surface area (Å²) in [5.41, 5.74) is 0.966. The van der Waals surface area contributed by atoms with E-state index < -0.39 is 0 Å². The van der Waals surface area contributed by atoms with Gasteiger partial charge in [-0.1, -0.05) is 50.6 Å². The molecule has 0 saturated carbocycles. The molecule has 0 aromatic heterocycles. The molecule has 0 aliphatic rings. The SMILES string of the molecule is CC/C=C/CCc1ccccc1OC(C)(C)COCCCC. The number of benzene rings is 1. The lowest BCUT2D eigenvalue weighted by Crippen LogP contribution is -2.34. The Labute approximate surface area is 136 Å². The Hall–Kier alpha value is -1.28. The monoisotopic (exact) mass is 304 g/mol. The van der Waals surface area contributed by atoms with E-state index in [2.05, 4.69) is 58.0 Å². The molecule has 0 spiro atoms. The Morgan fingerprint density at radius 2 is 1.86 bits per heavy atom. The van der Waals surface area contributed by atoms with Crippen LogP contribution >= 0.6 is 0 Å². The van der Waals surface area contributed by atoms with Gasteiger partial charge in [0.2, 0.25) is 0 Å². The summed E-state index contributed by atoms with van der Waals surface area (Å²) in [7, 11) is 0. The summed E-state index contributed by atoms with van der Waals surface area (Å²) in [5.74, 6) is 0.983. The van der Waals surface area contributed by atoms with Crippen LogP contribution in [0.1, 0.15) is 58.9 Å². The maximum Gasteiger partial charge on any atom is 0.127 e. The van der Waals surface area contributed by atoms with Crippen LogP contribution in [0.5, 0.6) is 5.75 Å². The second-order valence-electron chi connectivity index (χ2n) is 6.29. The molecule has 0 radical (unpaired) electrons. The average molecular weight is 304 g/mol. The summed E-state index contributed by atoms with van der Waals surface area (Å²) in [6.45, 7) is 9.95. The molecular formula is C20H32O2. The van der Waals surface area contributed by atoms with Gasteiger partial charge in [-0.2, -0.15) is 0 Å². The van der Waals surface area contributed by atoms with Crippen LogP contribution in [0.15, 0.2) is 36.4 Å². The highest BCUT2D eigenvalue weighted by Crippen LogP contribution is 2.24. The second-order valence-corrected chi connectivity index (χ2v) is 6.29. The quantitative estimate of drug-likeness (QED) is 0.393. The van der Waals surface area contributed by atoms with Gasteiger partial charge in [-0.3, -0.25) is 0 Å². The van der Waals surface area contributed by atoms with E-state index in [1.807, 2.05) is 6.07 Å². The third kappa shape index (κ3) is 7.65. The maximum atomic E-state index is 6.22. The van der Waals surface area contributed by atoms with Crippen LogP contribution in [0.4, 0.5) is 0 Å². The summed E-state index contributed by atoms with van der Waals surface area (Å²) in [6, 6.07) is 8.33. The highest BCUT2D eigenvalue weighted by molar-refractivity contribution is 5.34. The predicted molar refractivity (Wildman–Crippen MR) is 94.6 cm³/mol. The van der Waals surface area contributed by atoms with Gasteiger partial charge in [-0.15, -0.1) is 0 Å². The third-order valence-corrected chi connectivity index (χ3v) is 3.43. The van der Waals surface area contributed by atoms with E-state index >= 15 is 0 Å². The van der Waals surface area contributed by atoms with E-state index in [0.717, 1.165) is 44.5 Å². The first-order valence-corrected chi connectivity index (χ1v) is 8.58. The zero-order chi connectivity index (χ0) is 16.3. The second kappa shape index (κ2) is 10.4. The van der Waals surface area contributed by atoms with Gasteiger partial charge >= 0.3 is 0 Å². The summed E-state index contributed by atoms with van der Waals surface area (Å²) in [5, 5.41) is 0. The molecule has 1 aromatic rings. The van der Waals surface area contributed by atoms with Crippen LogP contribution in [-0.2, 0) is 11.2 Å². The molecule has 2 nitrogen and oxygen atoms in total. The first kappa shape index (κ1) is 18.8. The van der Waals surface area contributed by atoms with Crippen LogP contribution in [0.25, 0.3) is 0 Å². The average Bonchev–Trinajstić information content (AvgIpc) is 2.49. The molecule has 0 fully saturated rings. The molecule has 0 aliphatic carbocycles. The van der Waals surface area contributed by atoms with Crippen LogP contribution in [0.3, 0.4) is 0 Å². The van der Waals surface area contributed by atoms with Crippen molar-refractivity contribution < 1.29 is 9.47 Å². The smallest absolute Gasteiger partial charge is 0.127 e. The van der Waals surface area contributed by atoms with Gasteiger partial charge in [0.05, 0.1) is 6.61 Å². The number of unbranched alkanes of at least 4 members (excludes halogenated alkanes) is 1. The summed E-state index contributed by atoms with van der Waals surface area (Å²) in [4.78, 5) is 0. The molecule has 0 N–H and O–H groups in total. The van der Waals surface area contributed by atoms with Gasteiger partial charge in [0, 0.05) is 6.61 Å². The number of para-hydroxylation sites is 1. The minimum absolute atomic E-state index is 0.302. The summed E-state index contributed by atoms with van der Waals surface area (Å²) in [6.07, 6.45) is 9.90. The molecule has 2 heteroatoms. The van der Waals surface area contributed by atoms with Crippen LogP contribution in [0.2, 0.25) is 0 Å². The van der Waals surface area contributed by atoms with Crippen LogP contribution < -0.4 is 4.74 Å². The lowest BCUT2D eigenvalue weighted by atomic mass is 10.1.